The van der Waals surface area contributed by atoms with Crippen LogP contribution in [0.2, 0.25) is 0 Å². The maximum atomic E-state index is 12.2. The minimum atomic E-state index is -0.853. The Bertz CT molecular complexity index is 854. The van der Waals surface area contributed by atoms with E-state index in [1.807, 2.05) is 24.3 Å². The van der Waals surface area contributed by atoms with Gasteiger partial charge in [-0.3, -0.25) is 9.59 Å². The minimum absolute atomic E-state index is 0.0414. The van der Waals surface area contributed by atoms with E-state index < -0.39 is 5.97 Å². The van der Waals surface area contributed by atoms with Gasteiger partial charge in [0.2, 0.25) is 0 Å². The van der Waals surface area contributed by atoms with Crippen molar-refractivity contribution in [1.82, 2.24) is 15.3 Å². The van der Waals surface area contributed by atoms with Gasteiger partial charge in [-0.25, -0.2) is 4.98 Å². The molecule has 0 atom stereocenters. The number of amides is 1. The molecule has 0 unspecified atom stereocenters. The van der Waals surface area contributed by atoms with Gasteiger partial charge in [-0.15, -0.1) is 0 Å². The SMILES string of the molecule is O=C(O)CCNc1ccc(C(=O)NCc2nc3ccccc3[nH]2)cc1. The van der Waals surface area contributed by atoms with E-state index in [9.17, 15) is 9.59 Å². The third kappa shape index (κ3) is 4.35. The zero-order valence-corrected chi connectivity index (χ0v) is 13.5. The first kappa shape index (κ1) is 16.5. The largest absolute Gasteiger partial charge is 0.481 e. The molecule has 0 spiro atoms. The van der Waals surface area contributed by atoms with Crippen LogP contribution < -0.4 is 10.6 Å². The average molecular weight is 338 g/mol. The van der Waals surface area contributed by atoms with Gasteiger partial charge in [-0.1, -0.05) is 12.1 Å². The second-order valence-electron chi connectivity index (χ2n) is 5.53. The number of carbonyl (C=O) groups is 2. The molecule has 0 fully saturated rings. The monoisotopic (exact) mass is 338 g/mol. The lowest BCUT2D eigenvalue weighted by molar-refractivity contribution is -0.136. The van der Waals surface area contributed by atoms with Crippen molar-refractivity contribution in [2.24, 2.45) is 0 Å². The number of nitrogens with zero attached hydrogens (tertiary/aromatic N) is 1. The van der Waals surface area contributed by atoms with Crippen molar-refractivity contribution in [3.63, 3.8) is 0 Å². The second-order valence-corrected chi connectivity index (χ2v) is 5.53. The van der Waals surface area contributed by atoms with Crippen LogP contribution in [-0.2, 0) is 11.3 Å². The molecule has 1 heterocycles. The summed E-state index contributed by atoms with van der Waals surface area (Å²) in [5, 5.41) is 14.4. The Morgan fingerprint density at radius 1 is 1.08 bits per heavy atom. The van der Waals surface area contributed by atoms with Crippen molar-refractivity contribution in [3.8, 4) is 0 Å². The molecule has 3 rings (SSSR count). The van der Waals surface area contributed by atoms with Crippen LogP contribution in [0.25, 0.3) is 11.0 Å². The van der Waals surface area contributed by atoms with Crippen LogP contribution in [0.1, 0.15) is 22.6 Å². The van der Waals surface area contributed by atoms with Gasteiger partial charge in [0, 0.05) is 17.8 Å². The van der Waals surface area contributed by atoms with E-state index in [1.165, 1.54) is 0 Å². The first-order chi connectivity index (χ1) is 12.1. The van der Waals surface area contributed by atoms with Crippen LogP contribution in [-0.4, -0.2) is 33.5 Å². The molecule has 1 aromatic heterocycles. The highest BCUT2D eigenvalue weighted by molar-refractivity contribution is 5.94. The third-order valence-electron chi connectivity index (χ3n) is 3.67. The Kier molecular flexibility index (Phi) is 4.94. The maximum absolute atomic E-state index is 12.2. The lowest BCUT2D eigenvalue weighted by Crippen LogP contribution is -2.23. The molecule has 128 valence electrons. The van der Waals surface area contributed by atoms with E-state index in [1.54, 1.807) is 24.3 Å². The third-order valence-corrected chi connectivity index (χ3v) is 3.67. The van der Waals surface area contributed by atoms with Crippen molar-refractivity contribution < 1.29 is 14.7 Å². The maximum Gasteiger partial charge on any atom is 0.305 e. The van der Waals surface area contributed by atoms with Crippen LogP contribution in [0.3, 0.4) is 0 Å². The number of carboxylic acids is 1. The Labute approximate surface area is 144 Å². The molecule has 25 heavy (non-hydrogen) atoms. The van der Waals surface area contributed by atoms with Crippen molar-refractivity contribution in [3.05, 3.63) is 59.9 Å². The van der Waals surface area contributed by atoms with E-state index in [0.29, 0.717) is 24.5 Å². The number of fused-ring (bicyclic) bond motifs is 1. The normalized spacial score (nSPS) is 10.6. The van der Waals surface area contributed by atoms with Gasteiger partial charge in [-0.2, -0.15) is 0 Å². The standard InChI is InChI=1S/C18H18N4O3/c23-17(24)9-10-19-13-7-5-12(6-8-13)18(25)20-11-16-21-14-3-1-2-4-15(14)22-16/h1-8,19H,9-11H2,(H,20,25)(H,21,22)(H,23,24). The van der Waals surface area contributed by atoms with Crippen LogP contribution in [0.4, 0.5) is 5.69 Å². The quantitative estimate of drug-likeness (QED) is 0.529. The smallest absolute Gasteiger partial charge is 0.305 e. The van der Waals surface area contributed by atoms with Gasteiger partial charge in [0.15, 0.2) is 0 Å². The number of nitrogens with one attached hydrogen (secondary N) is 3. The van der Waals surface area contributed by atoms with Crippen molar-refractivity contribution in [2.45, 2.75) is 13.0 Å². The summed E-state index contributed by atoms with van der Waals surface area (Å²) in [6, 6.07) is 14.6. The predicted octanol–water partition coefficient (Wildman–Crippen LogP) is 2.38. The molecule has 1 amide bonds. The number of hydrogen-bond acceptors (Lipinski definition) is 4. The molecule has 0 aliphatic heterocycles. The van der Waals surface area contributed by atoms with Gasteiger partial charge in [-0.05, 0) is 36.4 Å². The van der Waals surface area contributed by atoms with E-state index in [-0.39, 0.29) is 12.3 Å². The van der Waals surface area contributed by atoms with Gasteiger partial charge < -0.3 is 20.7 Å². The number of aliphatic carboxylic acids is 1. The number of H-pyrrole nitrogens is 1. The Morgan fingerprint density at radius 2 is 1.84 bits per heavy atom. The van der Waals surface area contributed by atoms with E-state index >= 15 is 0 Å². The zero-order valence-electron chi connectivity index (χ0n) is 13.5. The molecule has 2 aromatic carbocycles. The number of para-hydroxylation sites is 2. The average Bonchev–Trinajstić information content (AvgIpc) is 3.03. The summed E-state index contributed by atoms with van der Waals surface area (Å²) in [6.07, 6.45) is 0.0414. The van der Waals surface area contributed by atoms with Crippen LogP contribution >= 0.6 is 0 Å². The minimum Gasteiger partial charge on any atom is -0.481 e. The van der Waals surface area contributed by atoms with Crippen LogP contribution in [0.5, 0.6) is 0 Å². The fourth-order valence-electron chi connectivity index (χ4n) is 2.41. The number of rotatable bonds is 7. The van der Waals surface area contributed by atoms with E-state index in [4.69, 9.17) is 5.11 Å². The Morgan fingerprint density at radius 3 is 2.56 bits per heavy atom. The van der Waals surface area contributed by atoms with Gasteiger partial charge in [0.1, 0.15) is 5.82 Å². The highest BCUT2D eigenvalue weighted by Crippen LogP contribution is 2.11. The number of anilines is 1. The molecule has 4 N–H and O–H groups in total. The summed E-state index contributed by atoms with van der Waals surface area (Å²) >= 11 is 0. The van der Waals surface area contributed by atoms with Crippen molar-refractivity contribution >= 4 is 28.6 Å². The fourth-order valence-corrected chi connectivity index (χ4v) is 2.41. The summed E-state index contributed by atoms with van der Waals surface area (Å²) in [4.78, 5) is 30.2. The summed E-state index contributed by atoms with van der Waals surface area (Å²) in [5.41, 5.74) is 3.10. The summed E-state index contributed by atoms with van der Waals surface area (Å²) in [5.74, 6) is -0.354. The molecular formula is C18H18N4O3. The zero-order chi connectivity index (χ0) is 17.6. The first-order valence-electron chi connectivity index (χ1n) is 7.89. The molecular weight excluding hydrogens is 320 g/mol. The number of carboxylic acid groups (broad SMARTS) is 1. The highest BCUT2D eigenvalue weighted by Gasteiger charge is 2.07. The molecule has 7 heteroatoms. The molecule has 0 saturated heterocycles. The second kappa shape index (κ2) is 7.48. The van der Waals surface area contributed by atoms with Crippen molar-refractivity contribution in [2.75, 3.05) is 11.9 Å². The summed E-state index contributed by atoms with van der Waals surface area (Å²) in [7, 11) is 0. The Balaban J connectivity index is 1.54. The fraction of sp³-hybridized carbons (Fsp3) is 0.167. The van der Waals surface area contributed by atoms with Gasteiger partial charge in [0.05, 0.1) is 24.0 Å². The lowest BCUT2D eigenvalue weighted by atomic mass is 10.2. The number of aromatic nitrogens is 2. The number of hydrogen-bond donors (Lipinski definition) is 4. The predicted molar refractivity (Wildman–Crippen MR) is 94.4 cm³/mol. The summed E-state index contributed by atoms with van der Waals surface area (Å²) < 4.78 is 0. The van der Waals surface area contributed by atoms with Crippen LogP contribution in [0, 0.1) is 0 Å². The number of aromatic amines is 1. The molecule has 0 aliphatic carbocycles. The topological polar surface area (TPSA) is 107 Å². The number of benzene rings is 2. The van der Waals surface area contributed by atoms with Crippen molar-refractivity contribution in [1.29, 1.82) is 0 Å². The number of carbonyl (C=O) groups excluding carboxylic acids is 1. The molecule has 3 aromatic rings. The Hall–Kier alpha value is -3.35. The first-order valence-corrected chi connectivity index (χ1v) is 7.89. The molecule has 7 nitrogen and oxygen atoms in total. The van der Waals surface area contributed by atoms with E-state index in [2.05, 4.69) is 20.6 Å². The van der Waals surface area contributed by atoms with Crippen LogP contribution in [0.15, 0.2) is 48.5 Å². The van der Waals surface area contributed by atoms with Gasteiger partial charge >= 0.3 is 5.97 Å². The molecule has 0 radical (unpaired) electrons. The molecule has 0 saturated carbocycles. The van der Waals surface area contributed by atoms with Gasteiger partial charge in [0.25, 0.3) is 5.91 Å². The highest BCUT2D eigenvalue weighted by atomic mass is 16.4. The molecule has 0 aliphatic rings. The number of imidazole rings is 1. The molecule has 0 bridgehead atoms. The van der Waals surface area contributed by atoms with E-state index in [0.717, 1.165) is 16.7 Å². The summed E-state index contributed by atoms with van der Waals surface area (Å²) in [6.45, 7) is 0.652. The lowest BCUT2D eigenvalue weighted by Gasteiger charge is -2.07.